The van der Waals surface area contributed by atoms with Crippen LogP contribution >= 0.6 is 0 Å². The molecule has 0 bridgehead atoms. The molecule has 2 fully saturated rings. The van der Waals surface area contributed by atoms with Crippen LogP contribution in [0.1, 0.15) is 102 Å². The second-order valence-electron chi connectivity index (χ2n) is 18.7. The molecule has 2 saturated heterocycles. The fourth-order valence-electron chi connectivity index (χ4n) is 8.61. The predicted molar refractivity (Wildman–Crippen MR) is 248 cm³/mol. The lowest BCUT2D eigenvalue weighted by Gasteiger charge is -2.29. The molecule has 2 aliphatic rings. The van der Waals surface area contributed by atoms with E-state index in [0.717, 1.165) is 39.6 Å². The highest BCUT2D eigenvalue weighted by Gasteiger charge is 2.40. The van der Waals surface area contributed by atoms with Gasteiger partial charge in [-0.3, -0.25) is 14.4 Å². The molecule has 65 heavy (non-hydrogen) atoms. The Balaban J connectivity index is 0.965. The first kappa shape index (κ1) is 44.4. The van der Waals surface area contributed by atoms with Gasteiger partial charge < -0.3 is 45.2 Å². The summed E-state index contributed by atoms with van der Waals surface area (Å²) in [6, 6.07) is 28.7. The SMILES string of the molecule is CC(C)(C)OC(=O)N[C@@H](C(=O)N1CCCC1c1nc2cc(-c3cc4cc(NC(=O)[C@@H]5CCCN5C(=O)[C@H](NC(=O)OC(C)(C)C)c5ccccc5)ccc4[nH]3)ccc2[nH]1)c1ccccc1. The molecule has 15 nitrogen and oxygen atoms in total. The lowest BCUT2D eigenvalue weighted by atomic mass is 10.0. The van der Waals surface area contributed by atoms with E-state index in [1.54, 1.807) is 75.6 Å². The maximum Gasteiger partial charge on any atom is 0.408 e. The number of ether oxygens (including phenoxy) is 2. The third-order valence-corrected chi connectivity index (χ3v) is 11.5. The number of hydrogen-bond acceptors (Lipinski definition) is 8. The van der Waals surface area contributed by atoms with E-state index in [2.05, 4.69) is 25.9 Å². The van der Waals surface area contributed by atoms with Crippen molar-refractivity contribution in [3.05, 3.63) is 120 Å². The van der Waals surface area contributed by atoms with Crippen LogP contribution in [0.2, 0.25) is 0 Å². The summed E-state index contributed by atoms with van der Waals surface area (Å²) in [5.74, 6) is -0.267. The average molecular weight is 881 g/mol. The third-order valence-electron chi connectivity index (χ3n) is 11.5. The second-order valence-corrected chi connectivity index (χ2v) is 18.7. The first-order valence-electron chi connectivity index (χ1n) is 22.1. The van der Waals surface area contributed by atoms with Gasteiger partial charge >= 0.3 is 12.2 Å². The smallest absolute Gasteiger partial charge is 0.408 e. The summed E-state index contributed by atoms with van der Waals surface area (Å²) >= 11 is 0. The van der Waals surface area contributed by atoms with Gasteiger partial charge in [-0.15, -0.1) is 0 Å². The summed E-state index contributed by atoms with van der Waals surface area (Å²) in [5, 5.41) is 9.46. The molecule has 4 aromatic carbocycles. The topological polar surface area (TPSA) is 191 Å². The molecule has 0 radical (unpaired) electrons. The van der Waals surface area contributed by atoms with E-state index >= 15 is 0 Å². The van der Waals surface area contributed by atoms with Gasteiger partial charge in [0.25, 0.3) is 11.8 Å². The summed E-state index contributed by atoms with van der Waals surface area (Å²) in [5.41, 5.74) is 4.52. The zero-order valence-corrected chi connectivity index (χ0v) is 37.6. The molecular weight excluding hydrogens is 825 g/mol. The van der Waals surface area contributed by atoms with Crippen LogP contribution < -0.4 is 16.0 Å². The molecule has 1 unspecified atom stereocenters. The van der Waals surface area contributed by atoms with Crippen molar-refractivity contribution >= 4 is 57.5 Å². The summed E-state index contributed by atoms with van der Waals surface area (Å²) in [6.07, 6.45) is 1.22. The van der Waals surface area contributed by atoms with Crippen molar-refractivity contribution in [2.24, 2.45) is 0 Å². The molecule has 5 amide bonds. The fourth-order valence-corrected chi connectivity index (χ4v) is 8.61. The van der Waals surface area contributed by atoms with E-state index in [9.17, 15) is 24.0 Å². The molecule has 0 aliphatic carbocycles. The van der Waals surface area contributed by atoms with Gasteiger partial charge in [0, 0.05) is 40.9 Å². The zero-order valence-electron chi connectivity index (χ0n) is 37.6. The number of aromatic amines is 2. The molecule has 4 heterocycles. The first-order valence-corrected chi connectivity index (χ1v) is 22.1. The van der Waals surface area contributed by atoms with Crippen LogP contribution in [-0.4, -0.2) is 85.0 Å². The Morgan fingerprint density at radius 3 is 1.85 bits per heavy atom. The van der Waals surface area contributed by atoms with Gasteiger partial charge in [-0.25, -0.2) is 14.6 Å². The second kappa shape index (κ2) is 18.1. The number of hydrogen-bond donors (Lipinski definition) is 5. The van der Waals surface area contributed by atoms with Crippen molar-refractivity contribution < 1.29 is 33.4 Å². The Kier molecular flexibility index (Phi) is 12.4. The quantitative estimate of drug-likeness (QED) is 0.0902. The molecule has 338 valence electrons. The van der Waals surface area contributed by atoms with E-state index in [1.807, 2.05) is 78.9 Å². The van der Waals surface area contributed by atoms with Crippen molar-refractivity contribution in [2.75, 3.05) is 18.4 Å². The van der Waals surface area contributed by atoms with Crippen LogP contribution in [0.5, 0.6) is 0 Å². The zero-order chi connectivity index (χ0) is 46.0. The van der Waals surface area contributed by atoms with E-state index in [-0.39, 0.29) is 23.8 Å². The number of fused-ring (bicyclic) bond motifs is 2. The third kappa shape index (κ3) is 10.3. The highest BCUT2D eigenvalue weighted by Crippen LogP contribution is 2.36. The Bertz CT molecular complexity index is 2720. The van der Waals surface area contributed by atoms with Crippen molar-refractivity contribution in [1.29, 1.82) is 0 Å². The number of rotatable bonds is 10. The molecule has 6 aromatic rings. The highest BCUT2D eigenvalue weighted by molar-refractivity contribution is 6.00. The van der Waals surface area contributed by atoms with E-state index < -0.39 is 41.5 Å². The number of carbonyl (C=O) groups is 5. The summed E-state index contributed by atoms with van der Waals surface area (Å²) in [6.45, 7) is 11.5. The number of benzene rings is 4. The van der Waals surface area contributed by atoms with Crippen LogP contribution in [0, 0.1) is 0 Å². The lowest BCUT2D eigenvalue weighted by Crippen LogP contribution is -2.49. The number of aromatic nitrogens is 3. The van der Waals surface area contributed by atoms with Crippen LogP contribution in [0.25, 0.3) is 33.2 Å². The maximum absolute atomic E-state index is 14.3. The van der Waals surface area contributed by atoms with Crippen molar-refractivity contribution in [3.63, 3.8) is 0 Å². The van der Waals surface area contributed by atoms with Crippen LogP contribution in [-0.2, 0) is 23.9 Å². The lowest BCUT2D eigenvalue weighted by molar-refractivity contribution is -0.138. The van der Waals surface area contributed by atoms with Crippen LogP contribution in [0.3, 0.4) is 0 Å². The average Bonchev–Trinajstić information content (AvgIpc) is 4.09. The first-order chi connectivity index (χ1) is 31.0. The Labute approximate surface area is 377 Å². The Hall–Kier alpha value is -7.16. The standard InChI is InChI=1S/C50H56N8O7/c1-49(2,3)64-47(62)55-41(30-15-9-7-10-16-30)45(60)57-25-13-19-39(57)43-53-36-23-21-32(28-38(36)54-43)37-29-33-27-34(22-24-35(33)52-37)51-44(59)40-20-14-26-58(40)46(61)42(31-17-11-8-12-18-31)56-48(63)65-50(4,5)6/h7-12,15-18,21-24,27-29,39-42,52H,13-14,19-20,25-26H2,1-6H3,(H,51,59)(H,53,54)(H,55,62)(H,56,63)/t39?,40-,41+,42+/m0/s1. The van der Waals surface area contributed by atoms with Crippen molar-refractivity contribution in [2.45, 2.75) is 103 Å². The number of likely N-dealkylation sites (tertiary alicyclic amines) is 2. The van der Waals surface area contributed by atoms with Gasteiger partial charge in [0.05, 0.1) is 17.1 Å². The molecule has 4 atom stereocenters. The molecular formula is C50H56N8O7. The van der Waals surface area contributed by atoms with Crippen LogP contribution in [0.15, 0.2) is 103 Å². The van der Waals surface area contributed by atoms with E-state index in [4.69, 9.17) is 14.5 Å². The van der Waals surface area contributed by atoms with Gasteiger partial charge in [0.15, 0.2) is 0 Å². The number of carbonyl (C=O) groups excluding carboxylic acids is 5. The van der Waals surface area contributed by atoms with Crippen molar-refractivity contribution in [1.82, 2.24) is 35.4 Å². The number of alkyl carbamates (subject to hydrolysis) is 2. The molecule has 8 rings (SSSR count). The predicted octanol–water partition coefficient (Wildman–Crippen LogP) is 8.84. The molecule has 2 aliphatic heterocycles. The normalized spacial score (nSPS) is 17.4. The summed E-state index contributed by atoms with van der Waals surface area (Å²) in [4.78, 5) is 83.2. The molecule has 0 saturated carbocycles. The van der Waals surface area contributed by atoms with Gasteiger partial charge in [-0.05, 0) is 115 Å². The number of H-pyrrole nitrogens is 2. The van der Waals surface area contributed by atoms with E-state index in [0.29, 0.717) is 55.0 Å². The number of nitrogens with zero attached hydrogens (tertiary/aromatic N) is 3. The minimum Gasteiger partial charge on any atom is -0.444 e. The van der Waals surface area contributed by atoms with Crippen molar-refractivity contribution in [3.8, 4) is 11.3 Å². The molecule has 2 aromatic heterocycles. The molecule has 5 N–H and O–H groups in total. The fraction of sp³-hybridized carbons (Fsp3) is 0.360. The number of nitrogens with one attached hydrogen (secondary N) is 5. The monoisotopic (exact) mass is 880 g/mol. The minimum absolute atomic E-state index is 0.238. The van der Waals surface area contributed by atoms with Gasteiger partial charge in [0.1, 0.15) is 35.2 Å². The van der Waals surface area contributed by atoms with Gasteiger partial charge in [-0.1, -0.05) is 66.7 Å². The Morgan fingerprint density at radius 1 is 0.662 bits per heavy atom. The summed E-state index contributed by atoms with van der Waals surface area (Å²) < 4.78 is 11.0. The largest absolute Gasteiger partial charge is 0.444 e. The summed E-state index contributed by atoms with van der Waals surface area (Å²) in [7, 11) is 0. The van der Waals surface area contributed by atoms with Gasteiger partial charge in [0.2, 0.25) is 5.91 Å². The maximum atomic E-state index is 14.3. The number of imidazole rings is 1. The van der Waals surface area contributed by atoms with Crippen LogP contribution in [0.4, 0.5) is 15.3 Å². The number of amides is 5. The number of anilines is 1. The minimum atomic E-state index is -1.03. The molecule has 0 spiro atoms. The van der Waals surface area contributed by atoms with Gasteiger partial charge in [-0.2, -0.15) is 0 Å². The highest BCUT2D eigenvalue weighted by atomic mass is 16.6. The van der Waals surface area contributed by atoms with E-state index in [1.165, 1.54) is 0 Å². The molecule has 15 heteroatoms. The Morgan fingerprint density at radius 2 is 1.23 bits per heavy atom.